The van der Waals surface area contributed by atoms with Crippen molar-refractivity contribution in [1.29, 1.82) is 0 Å². The summed E-state index contributed by atoms with van der Waals surface area (Å²) < 4.78 is 25.7. The molecule has 0 radical (unpaired) electrons. The van der Waals surface area contributed by atoms with E-state index in [9.17, 15) is 13.2 Å². The highest BCUT2D eigenvalue weighted by atomic mass is 32.2. The summed E-state index contributed by atoms with van der Waals surface area (Å²) in [6.45, 7) is 1.75. The molecule has 1 fully saturated rings. The number of amides is 1. The van der Waals surface area contributed by atoms with Crippen molar-refractivity contribution in [2.45, 2.75) is 43.9 Å². The molecule has 22 heavy (non-hydrogen) atoms. The van der Waals surface area contributed by atoms with Gasteiger partial charge < -0.3 is 5.32 Å². The van der Waals surface area contributed by atoms with Crippen LogP contribution in [0.25, 0.3) is 0 Å². The van der Waals surface area contributed by atoms with Crippen LogP contribution < -0.4 is 5.32 Å². The van der Waals surface area contributed by atoms with Gasteiger partial charge in [0.05, 0.1) is 4.90 Å². The largest absolute Gasteiger partial charge is 0.326 e. The van der Waals surface area contributed by atoms with Crippen molar-refractivity contribution in [3.8, 4) is 0 Å². The van der Waals surface area contributed by atoms with Crippen molar-refractivity contribution in [3.63, 3.8) is 0 Å². The number of sulfonamides is 1. The van der Waals surface area contributed by atoms with Gasteiger partial charge in [-0.2, -0.15) is 0 Å². The summed E-state index contributed by atoms with van der Waals surface area (Å²) in [7, 11) is -0.506. The van der Waals surface area contributed by atoms with Gasteiger partial charge in [0.1, 0.15) is 0 Å². The van der Waals surface area contributed by atoms with E-state index in [4.69, 9.17) is 0 Å². The molecular weight excluding hydrogens is 300 g/mol. The van der Waals surface area contributed by atoms with Crippen LogP contribution >= 0.6 is 0 Å². The Kier molecular flexibility index (Phi) is 5.24. The molecule has 1 aromatic carbocycles. The van der Waals surface area contributed by atoms with Crippen LogP contribution in [0.4, 0.5) is 5.69 Å². The van der Waals surface area contributed by atoms with Crippen LogP contribution in [-0.4, -0.2) is 32.7 Å². The van der Waals surface area contributed by atoms with E-state index in [2.05, 4.69) is 5.32 Å². The molecule has 2 rings (SSSR count). The van der Waals surface area contributed by atoms with Crippen molar-refractivity contribution in [2.24, 2.45) is 5.92 Å². The zero-order valence-corrected chi connectivity index (χ0v) is 14.2. The molecule has 5 nitrogen and oxygen atoms in total. The fraction of sp³-hybridized carbons (Fsp3) is 0.562. The number of hydrogen-bond acceptors (Lipinski definition) is 3. The highest BCUT2D eigenvalue weighted by Gasteiger charge is 2.21. The normalized spacial score (nSPS) is 16.2. The highest BCUT2D eigenvalue weighted by molar-refractivity contribution is 7.89. The third-order valence-corrected chi connectivity index (χ3v) is 6.14. The number of carbonyl (C=O) groups excluding carboxylic acids is 1. The van der Waals surface area contributed by atoms with Crippen molar-refractivity contribution in [3.05, 3.63) is 23.8 Å². The topological polar surface area (TPSA) is 66.5 Å². The van der Waals surface area contributed by atoms with E-state index in [1.165, 1.54) is 37.3 Å². The standard InChI is InChI=1S/C16H24N2O3S/c1-12-8-9-14(11-15(12)22(20,21)18(2)3)17-16(19)10-13-6-4-5-7-13/h8-9,11,13H,4-7,10H2,1-3H3,(H,17,19). The minimum absolute atomic E-state index is 0.0380. The lowest BCUT2D eigenvalue weighted by atomic mass is 10.0. The zero-order valence-electron chi connectivity index (χ0n) is 13.4. The second-order valence-corrected chi connectivity index (χ2v) is 8.29. The van der Waals surface area contributed by atoms with Crippen LogP contribution in [0.3, 0.4) is 0 Å². The number of aryl methyl sites for hydroxylation is 1. The molecule has 0 heterocycles. The van der Waals surface area contributed by atoms with E-state index in [0.29, 0.717) is 23.6 Å². The van der Waals surface area contributed by atoms with Gasteiger partial charge in [0.25, 0.3) is 0 Å². The summed E-state index contributed by atoms with van der Waals surface area (Å²) >= 11 is 0. The Morgan fingerprint density at radius 2 is 1.91 bits per heavy atom. The Bertz CT molecular complexity index is 647. The number of hydrogen-bond donors (Lipinski definition) is 1. The molecule has 0 unspecified atom stereocenters. The van der Waals surface area contributed by atoms with Crippen molar-refractivity contribution in [2.75, 3.05) is 19.4 Å². The van der Waals surface area contributed by atoms with Crippen molar-refractivity contribution >= 4 is 21.6 Å². The van der Waals surface area contributed by atoms with Crippen LogP contribution in [-0.2, 0) is 14.8 Å². The molecule has 122 valence electrons. The monoisotopic (exact) mass is 324 g/mol. The number of carbonyl (C=O) groups is 1. The van der Waals surface area contributed by atoms with Crippen LogP contribution in [0.2, 0.25) is 0 Å². The van der Waals surface area contributed by atoms with Gasteiger partial charge in [-0.3, -0.25) is 4.79 Å². The van der Waals surface area contributed by atoms with Gasteiger partial charge >= 0.3 is 0 Å². The summed E-state index contributed by atoms with van der Waals surface area (Å²) in [5, 5.41) is 2.83. The summed E-state index contributed by atoms with van der Waals surface area (Å²) in [6, 6.07) is 5.01. The number of anilines is 1. The molecule has 1 saturated carbocycles. The summed E-state index contributed by atoms with van der Waals surface area (Å²) in [5.74, 6) is 0.430. The van der Waals surface area contributed by atoms with E-state index in [0.717, 1.165) is 12.8 Å². The smallest absolute Gasteiger partial charge is 0.242 e. The molecule has 1 amide bonds. The van der Waals surface area contributed by atoms with Gasteiger partial charge in [-0.05, 0) is 43.4 Å². The van der Waals surface area contributed by atoms with Crippen LogP contribution in [0, 0.1) is 12.8 Å². The lowest BCUT2D eigenvalue weighted by molar-refractivity contribution is -0.117. The molecule has 0 bridgehead atoms. The first-order valence-electron chi connectivity index (χ1n) is 7.63. The van der Waals surface area contributed by atoms with Gasteiger partial charge in [0.15, 0.2) is 0 Å². The minimum atomic E-state index is -3.51. The SMILES string of the molecule is Cc1ccc(NC(=O)CC2CCCC2)cc1S(=O)(=O)N(C)C. The van der Waals surface area contributed by atoms with Crippen LogP contribution in [0.5, 0.6) is 0 Å². The Labute approximate surface area is 132 Å². The summed E-state index contributed by atoms with van der Waals surface area (Å²) in [5.41, 5.74) is 1.21. The molecule has 0 saturated heterocycles. The zero-order chi connectivity index (χ0) is 16.3. The van der Waals surface area contributed by atoms with Gasteiger partial charge in [-0.15, -0.1) is 0 Å². The van der Waals surface area contributed by atoms with Crippen LogP contribution in [0.1, 0.15) is 37.7 Å². The van der Waals surface area contributed by atoms with Crippen LogP contribution in [0.15, 0.2) is 23.1 Å². The molecular formula is C16H24N2O3S. The van der Waals surface area contributed by atoms with Crippen molar-refractivity contribution in [1.82, 2.24) is 4.31 Å². The third kappa shape index (κ3) is 3.87. The van der Waals surface area contributed by atoms with E-state index in [-0.39, 0.29) is 10.8 Å². The van der Waals surface area contributed by atoms with E-state index >= 15 is 0 Å². The third-order valence-electron chi connectivity index (χ3n) is 4.18. The molecule has 0 aliphatic heterocycles. The van der Waals surface area contributed by atoms with E-state index in [1.807, 2.05) is 0 Å². The maximum Gasteiger partial charge on any atom is 0.242 e. The molecule has 1 aromatic rings. The maximum atomic E-state index is 12.3. The average molecular weight is 324 g/mol. The highest BCUT2D eigenvalue weighted by Crippen LogP contribution is 2.28. The molecule has 0 spiro atoms. The fourth-order valence-electron chi connectivity index (χ4n) is 2.84. The Morgan fingerprint density at radius 3 is 2.50 bits per heavy atom. The number of nitrogens with one attached hydrogen (secondary N) is 1. The maximum absolute atomic E-state index is 12.3. The summed E-state index contributed by atoms with van der Waals surface area (Å²) in [6.07, 6.45) is 5.15. The predicted octanol–water partition coefficient (Wildman–Crippen LogP) is 2.76. The molecule has 1 aliphatic carbocycles. The quantitative estimate of drug-likeness (QED) is 0.905. The number of benzene rings is 1. The van der Waals surface area contributed by atoms with Crippen molar-refractivity contribution < 1.29 is 13.2 Å². The molecule has 1 N–H and O–H groups in total. The molecule has 0 atom stereocenters. The first-order valence-corrected chi connectivity index (χ1v) is 9.07. The lowest BCUT2D eigenvalue weighted by Crippen LogP contribution is -2.23. The first-order chi connectivity index (χ1) is 10.3. The average Bonchev–Trinajstić information content (AvgIpc) is 2.93. The molecule has 1 aliphatic rings. The predicted molar refractivity (Wildman–Crippen MR) is 87.3 cm³/mol. The second kappa shape index (κ2) is 6.79. The number of rotatable bonds is 5. The molecule has 6 heteroatoms. The van der Waals surface area contributed by atoms with Gasteiger partial charge in [-0.25, -0.2) is 12.7 Å². The van der Waals surface area contributed by atoms with E-state index in [1.54, 1.807) is 19.1 Å². The van der Waals surface area contributed by atoms with Gasteiger partial charge in [0, 0.05) is 26.2 Å². The molecule has 0 aromatic heterocycles. The van der Waals surface area contributed by atoms with Gasteiger partial charge in [0.2, 0.25) is 15.9 Å². The first kappa shape index (κ1) is 17.0. The fourth-order valence-corrected chi connectivity index (χ4v) is 3.99. The number of nitrogens with zero attached hydrogens (tertiary/aromatic N) is 1. The van der Waals surface area contributed by atoms with Gasteiger partial charge in [-0.1, -0.05) is 18.9 Å². The lowest BCUT2D eigenvalue weighted by Gasteiger charge is -2.15. The second-order valence-electron chi connectivity index (χ2n) is 6.17. The Hall–Kier alpha value is -1.40. The van der Waals surface area contributed by atoms with E-state index < -0.39 is 10.0 Å². The minimum Gasteiger partial charge on any atom is -0.326 e. The Morgan fingerprint density at radius 1 is 1.27 bits per heavy atom. The summed E-state index contributed by atoms with van der Waals surface area (Å²) in [4.78, 5) is 12.3. The Balaban J connectivity index is 2.14.